The number of ketones is 1. The summed E-state index contributed by atoms with van der Waals surface area (Å²) < 4.78 is 5.25. The van der Waals surface area contributed by atoms with Crippen LogP contribution < -0.4 is 5.32 Å². The van der Waals surface area contributed by atoms with Gasteiger partial charge in [0.05, 0.1) is 0 Å². The van der Waals surface area contributed by atoms with Crippen LogP contribution in [0.1, 0.15) is 40.2 Å². The lowest BCUT2D eigenvalue weighted by molar-refractivity contribution is -0.123. The van der Waals surface area contributed by atoms with Crippen LogP contribution in [0.4, 0.5) is 4.79 Å². The molecule has 1 aromatic carbocycles. The second-order valence-corrected chi connectivity index (χ2v) is 7.79. The molecular formula is C18H27NO3S. The van der Waals surface area contributed by atoms with Gasteiger partial charge in [0.2, 0.25) is 0 Å². The van der Waals surface area contributed by atoms with Crippen molar-refractivity contribution in [1.82, 2.24) is 5.32 Å². The molecule has 1 atom stereocenters. The van der Waals surface area contributed by atoms with Gasteiger partial charge in [0, 0.05) is 17.4 Å². The van der Waals surface area contributed by atoms with E-state index in [0.29, 0.717) is 5.75 Å². The van der Waals surface area contributed by atoms with Crippen LogP contribution in [0.3, 0.4) is 0 Å². The summed E-state index contributed by atoms with van der Waals surface area (Å²) in [5, 5.41) is 2.71. The summed E-state index contributed by atoms with van der Waals surface area (Å²) in [6.07, 6.45) is -0.545. The number of Topliss-reactive ketones (excluding diaryl/α,β-unsaturated/α-hetero) is 1. The third-order valence-electron chi connectivity index (χ3n) is 3.00. The number of ether oxygens (including phenoxy) is 1. The number of benzene rings is 1. The summed E-state index contributed by atoms with van der Waals surface area (Å²) in [6, 6.07) is 9.53. The molecule has 0 saturated heterocycles. The Bertz CT molecular complexity index is 509. The van der Waals surface area contributed by atoms with E-state index in [1.807, 2.05) is 44.2 Å². The van der Waals surface area contributed by atoms with E-state index in [0.717, 1.165) is 5.75 Å². The van der Waals surface area contributed by atoms with Crippen LogP contribution in [0.5, 0.6) is 0 Å². The van der Waals surface area contributed by atoms with Gasteiger partial charge < -0.3 is 10.1 Å². The first-order chi connectivity index (χ1) is 10.7. The lowest BCUT2D eigenvalue weighted by Crippen LogP contribution is -2.46. The molecular weight excluding hydrogens is 310 g/mol. The van der Waals surface area contributed by atoms with Crippen molar-refractivity contribution >= 4 is 23.6 Å². The standard InChI is InChI=1S/C18H27NO3S/c1-13(2)16(20)15(19-17(21)22-18(3,4)5)12-23-11-14-9-7-6-8-10-14/h6-10,13,15H,11-12H2,1-5H3,(H,19,21)/t15-/m0/s1. The number of amides is 1. The van der Waals surface area contributed by atoms with Gasteiger partial charge in [-0.3, -0.25) is 4.79 Å². The molecule has 0 spiro atoms. The molecule has 0 fully saturated rings. The van der Waals surface area contributed by atoms with E-state index < -0.39 is 17.7 Å². The molecule has 0 heterocycles. The molecule has 4 nitrogen and oxygen atoms in total. The maximum atomic E-state index is 12.3. The topological polar surface area (TPSA) is 55.4 Å². The van der Waals surface area contributed by atoms with Crippen LogP contribution in [-0.4, -0.2) is 29.3 Å². The highest BCUT2D eigenvalue weighted by atomic mass is 32.2. The SMILES string of the molecule is CC(C)C(=O)[C@H](CSCc1ccccc1)NC(=O)OC(C)(C)C. The normalized spacial score (nSPS) is 12.8. The van der Waals surface area contributed by atoms with Crippen molar-refractivity contribution in [3.8, 4) is 0 Å². The van der Waals surface area contributed by atoms with Crippen molar-refractivity contribution in [3.05, 3.63) is 35.9 Å². The van der Waals surface area contributed by atoms with Gasteiger partial charge in [0.25, 0.3) is 0 Å². The zero-order chi connectivity index (χ0) is 17.5. The molecule has 5 heteroatoms. The minimum atomic E-state index is -0.577. The fourth-order valence-corrected chi connectivity index (χ4v) is 2.95. The lowest BCUT2D eigenvalue weighted by atomic mass is 10.0. The van der Waals surface area contributed by atoms with E-state index in [1.165, 1.54) is 5.56 Å². The summed E-state index contributed by atoms with van der Waals surface area (Å²) >= 11 is 1.63. The molecule has 0 unspecified atom stereocenters. The van der Waals surface area contributed by atoms with E-state index in [2.05, 4.69) is 5.32 Å². The summed E-state index contributed by atoms with van der Waals surface area (Å²) in [5.41, 5.74) is 0.623. The average Bonchev–Trinajstić information content (AvgIpc) is 2.44. The Morgan fingerprint density at radius 3 is 2.30 bits per heavy atom. The predicted octanol–water partition coefficient (Wildman–Crippen LogP) is 4.04. The Morgan fingerprint density at radius 1 is 1.17 bits per heavy atom. The minimum Gasteiger partial charge on any atom is -0.444 e. The van der Waals surface area contributed by atoms with Gasteiger partial charge in [0.1, 0.15) is 11.6 Å². The molecule has 0 saturated carbocycles. The van der Waals surface area contributed by atoms with Gasteiger partial charge in [0.15, 0.2) is 5.78 Å². The Labute approximate surface area is 143 Å². The largest absolute Gasteiger partial charge is 0.444 e. The summed E-state index contributed by atoms with van der Waals surface area (Å²) in [6.45, 7) is 9.09. The van der Waals surface area contributed by atoms with Crippen LogP contribution in [-0.2, 0) is 15.3 Å². The maximum Gasteiger partial charge on any atom is 0.408 e. The highest BCUT2D eigenvalue weighted by Gasteiger charge is 2.25. The molecule has 1 aromatic rings. The van der Waals surface area contributed by atoms with E-state index in [4.69, 9.17) is 4.74 Å². The number of nitrogens with one attached hydrogen (secondary N) is 1. The predicted molar refractivity (Wildman–Crippen MR) is 95.6 cm³/mol. The van der Waals surface area contributed by atoms with E-state index in [-0.39, 0.29) is 11.7 Å². The van der Waals surface area contributed by atoms with E-state index in [1.54, 1.807) is 32.5 Å². The first kappa shape index (κ1) is 19.6. The molecule has 1 amide bonds. The van der Waals surface area contributed by atoms with Gasteiger partial charge in [-0.15, -0.1) is 0 Å². The van der Waals surface area contributed by atoms with Crippen LogP contribution in [0, 0.1) is 5.92 Å². The zero-order valence-electron chi connectivity index (χ0n) is 14.6. The van der Waals surface area contributed by atoms with Gasteiger partial charge in [-0.1, -0.05) is 44.2 Å². The van der Waals surface area contributed by atoms with E-state index in [9.17, 15) is 9.59 Å². The molecule has 1 rings (SSSR count). The zero-order valence-corrected chi connectivity index (χ0v) is 15.4. The molecule has 0 bridgehead atoms. The number of alkyl carbamates (subject to hydrolysis) is 1. The van der Waals surface area contributed by atoms with Crippen LogP contribution in [0.2, 0.25) is 0 Å². The van der Waals surface area contributed by atoms with Crippen LogP contribution in [0.15, 0.2) is 30.3 Å². The smallest absolute Gasteiger partial charge is 0.408 e. The number of carbonyl (C=O) groups excluding carboxylic acids is 2. The van der Waals surface area contributed by atoms with Crippen molar-refractivity contribution in [3.63, 3.8) is 0 Å². The first-order valence-corrected chi connectivity index (χ1v) is 8.99. The molecule has 1 N–H and O–H groups in total. The van der Waals surface area contributed by atoms with Gasteiger partial charge in [-0.25, -0.2) is 4.79 Å². The van der Waals surface area contributed by atoms with Crippen molar-refractivity contribution in [1.29, 1.82) is 0 Å². The molecule has 128 valence electrons. The van der Waals surface area contributed by atoms with E-state index >= 15 is 0 Å². The number of carbonyl (C=O) groups is 2. The number of hydrogen-bond donors (Lipinski definition) is 1. The molecule has 0 aromatic heterocycles. The van der Waals surface area contributed by atoms with Crippen molar-refractivity contribution in [2.45, 2.75) is 52.0 Å². The highest BCUT2D eigenvalue weighted by molar-refractivity contribution is 7.98. The molecule has 0 aliphatic carbocycles. The van der Waals surface area contributed by atoms with Gasteiger partial charge >= 0.3 is 6.09 Å². The summed E-state index contributed by atoms with van der Waals surface area (Å²) in [4.78, 5) is 24.2. The molecule has 0 aliphatic heterocycles. The van der Waals surface area contributed by atoms with Crippen molar-refractivity contribution in [2.24, 2.45) is 5.92 Å². The number of hydrogen-bond acceptors (Lipinski definition) is 4. The van der Waals surface area contributed by atoms with Gasteiger partial charge in [-0.2, -0.15) is 11.8 Å². The Hall–Kier alpha value is -1.49. The highest BCUT2D eigenvalue weighted by Crippen LogP contribution is 2.15. The third-order valence-corrected chi connectivity index (χ3v) is 4.11. The summed E-state index contributed by atoms with van der Waals surface area (Å²) in [7, 11) is 0. The quantitative estimate of drug-likeness (QED) is 0.816. The Morgan fingerprint density at radius 2 is 1.78 bits per heavy atom. The average molecular weight is 337 g/mol. The van der Waals surface area contributed by atoms with Crippen LogP contribution >= 0.6 is 11.8 Å². The Kier molecular flexibility index (Phi) is 7.62. The van der Waals surface area contributed by atoms with Crippen molar-refractivity contribution < 1.29 is 14.3 Å². The second-order valence-electron chi connectivity index (χ2n) is 6.76. The number of rotatable bonds is 7. The first-order valence-electron chi connectivity index (χ1n) is 7.84. The van der Waals surface area contributed by atoms with Crippen molar-refractivity contribution in [2.75, 3.05) is 5.75 Å². The monoisotopic (exact) mass is 337 g/mol. The molecule has 0 radical (unpaired) electrons. The fraction of sp³-hybridized carbons (Fsp3) is 0.556. The molecule has 23 heavy (non-hydrogen) atoms. The lowest BCUT2D eigenvalue weighted by Gasteiger charge is -2.23. The molecule has 0 aliphatic rings. The minimum absolute atomic E-state index is 0.0245. The third kappa shape index (κ3) is 8.07. The van der Waals surface area contributed by atoms with Crippen LogP contribution in [0.25, 0.3) is 0 Å². The maximum absolute atomic E-state index is 12.3. The fourth-order valence-electron chi connectivity index (χ4n) is 1.92. The summed E-state index contributed by atoms with van der Waals surface area (Å²) in [5.74, 6) is 1.23. The second kappa shape index (κ2) is 8.96. The Balaban J connectivity index is 2.58. The van der Waals surface area contributed by atoms with Gasteiger partial charge in [-0.05, 0) is 26.3 Å². The number of thioether (sulfide) groups is 1.